The van der Waals surface area contributed by atoms with Gasteiger partial charge in [-0.1, -0.05) is 19.9 Å². The zero-order valence-electron chi connectivity index (χ0n) is 12.1. The second kappa shape index (κ2) is 5.61. The molecule has 0 aliphatic heterocycles. The fraction of sp³-hybridized carbons (Fsp3) is 0.400. The van der Waals surface area contributed by atoms with Crippen molar-refractivity contribution in [2.75, 3.05) is 5.32 Å². The molecule has 20 heavy (non-hydrogen) atoms. The van der Waals surface area contributed by atoms with Crippen molar-refractivity contribution in [1.29, 1.82) is 0 Å². The van der Waals surface area contributed by atoms with Crippen molar-refractivity contribution in [3.05, 3.63) is 41.6 Å². The number of nitrogens with one attached hydrogen (secondary N) is 1. The Morgan fingerprint density at radius 1 is 1.15 bits per heavy atom. The summed E-state index contributed by atoms with van der Waals surface area (Å²) in [6, 6.07) is 6.13. The van der Waals surface area contributed by atoms with Crippen LogP contribution in [0, 0.1) is 11.6 Å². The fourth-order valence-electron chi connectivity index (χ4n) is 1.92. The summed E-state index contributed by atoms with van der Waals surface area (Å²) in [6.07, 6.45) is 0. The molecular formula is C15H19F2N3. The van der Waals surface area contributed by atoms with Crippen molar-refractivity contribution >= 4 is 5.82 Å². The summed E-state index contributed by atoms with van der Waals surface area (Å²) in [6.45, 7) is 7.98. The highest BCUT2D eigenvalue weighted by atomic mass is 19.2. The van der Waals surface area contributed by atoms with Gasteiger partial charge in [0.2, 0.25) is 0 Å². The summed E-state index contributed by atoms with van der Waals surface area (Å²) in [5.41, 5.74) is 0.942. The topological polar surface area (TPSA) is 29.9 Å². The molecule has 5 heteroatoms. The number of anilines is 1. The van der Waals surface area contributed by atoms with Crippen LogP contribution in [0.3, 0.4) is 0 Å². The summed E-state index contributed by atoms with van der Waals surface area (Å²) >= 11 is 0. The molecule has 0 aliphatic rings. The lowest BCUT2D eigenvalue weighted by Gasteiger charge is -2.12. The molecule has 0 radical (unpaired) electrons. The van der Waals surface area contributed by atoms with Gasteiger partial charge >= 0.3 is 0 Å². The molecule has 0 unspecified atom stereocenters. The van der Waals surface area contributed by atoms with Crippen LogP contribution in [0.2, 0.25) is 0 Å². The molecule has 3 nitrogen and oxygen atoms in total. The van der Waals surface area contributed by atoms with Gasteiger partial charge in [-0.25, -0.2) is 13.5 Å². The molecule has 0 saturated heterocycles. The first kappa shape index (κ1) is 14.5. The predicted octanol–water partition coefficient (Wildman–Crippen LogP) is 4.09. The molecule has 0 bridgehead atoms. The summed E-state index contributed by atoms with van der Waals surface area (Å²) in [4.78, 5) is 0. The standard InChI is InChI=1S/C15H19F2N3/c1-9(2)12-8-14(18-10(3)4)20(19-12)13-7-5-6-11(16)15(13)17/h5-10,18H,1-4H3. The van der Waals surface area contributed by atoms with Crippen molar-refractivity contribution in [2.24, 2.45) is 0 Å². The van der Waals surface area contributed by atoms with E-state index in [1.165, 1.54) is 16.8 Å². The number of nitrogens with zero attached hydrogens (tertiary/aromatic N) is 2. The molecule has 1 N–H and O–H groups in total. The zero-order valence-corrected chi connectivity index (χ0v) is 12.1. The van der Waals surface area contributed by atoms with Crippen LogP contribution in [0.25, 0.3) is 5.69 Å². The maximum atomic E-state index is 14.0. The Morgan fingerprint density at radius 2 is 1.85 bits per heavy atom. The molecule has 108 valence electrons. The van der Waals surface area contributed by atoms with Crippen LogP contribution in [0.1, 0.15) is 39.3 Å². The molecule has 1 aromatic carbocycles. The van der Waals surface area contributed by atoms with Gasteiger partial charge in [0.25, 0.3) is 0 Å². The average molecular weight is 279 g/mol. The molecule has 2 rings (SSSR count). The first-order valence-electron chi connectivity index (χ1n) is 6.71. The molecule has 2 aromatic rings. The Hall–Kier alpha value is -1.91. The summed E-state index contributed by atoms with van der Waals surface area (Å²) in [5, 5.41) is 7.59. The second-order valence-corrected chi connectivity index (χ2v) is 5.39. The van der Waals surface area contributed by atoms with Gasteiger partial charge in [-0.2, -0.15) is 5.10 Å². The third-order valence-corrected chi connectivity index (χ3v) is 2.92. The van der Waals surface area contributed by atoms with Gasteiger partial charge in [0.15, 0.2) is 11.6 Å². The van der Waals surface area contributed by atoms with E-state index >= 15 is 0 Å². The Kier molecular flexibility index (Phi) is 4.06. The first-order valence-corrected chi connectivity index (χ1v) is 6.71. The fourth-order valence-corrected chi connectivity index (χ4v) is 1.92. The molecule has 0 spiro atoms. The van der Waals surface area contributed by atoms with E-state index in [9.17, 15) is 8.78 Å². The molecular weight excluding hydrogens is 260 g/mol. The SMILES string of the molecule is CC(C)Nc1cc(C(C)C)nn1-c1cccc(F)c1F. The molecule has 0 amide bonds. The quantitative estimate of drug-likeness (QED) is 0.913. The van der Waals surface area contributed by atoms with Crippen molar-refractivity contribution in [1.82, 2.24) is 9.78 Å². The lowest BCUT2D eigenvalue weighted by Crippen LogP contribution is -2.14. The number of rotatable bonds is 4. The predicted molar refractivity (Wildman–Crippen MR) is 76.3 cm³/mol. The molecule has 0 atom stereocenters. The molecule has 1 aromatic heterocycles. The first-order chi connectivity index (χ1) is 9.40. The van der Waals surface area contributed by atoms with Crippen LogP contribution in [-0.2, 0) is 0 Å². The van der Waals surface area contributed by atoms with Crippen molar-refractivity contribution in [2.45, 2.75) is 39.7 Å². The van der Waals surface area contributed by atoms with Gasteiger partial charge in [-0.15, -0.1) is 0 Å². The Bertz CT molecular complexity index is 603. The van der Waals surface area contributed by atoms with E-state index in [-0.39, 0.29) is 17.6 Å². The van der Waals surface area contributed by atoms with E-state index < -0.39 is 11.6 Å². The second-order valence-electron chi connectivity index (χ2n) is 5.39. The zero-order chi connectivity index (χ0) is 14.9. The van der Waals surface area contributed by atoms with Crippen LogP contribution in [0.5, 0.6) is 0 Å². The number of halogens is 2. The maximum absolute atomic E-state index is 14.0. The van der Waals surface area contributed by atoms with E-state index in [0.717, 1.165) is 11.8 Å². The number of benzene rings is 1. The molecule has 1 heterocycles. The summed E-state index contributed by atoms with van der Waals surface area (Å²) < 4.78 is 28.8. The largest absolute Gasteiger partial charge is 0.368 e. The third-order valence-electron chi connectivity index (χ3n) is 2.92. The number of hydrogen-bond acceptors (Lipinski definition) is 2. The van der Waals surface area contributed by atoms with E-state index in [2.05, 4.69) is 10.4 Å². The van der Waals surface area contributed by atoms with Gasteiger partial charge in [-0.3, -0.25) is 0 Å². The van der Waals surface area contributed by atoms with Crippen molar-refractivity contribution in [3.63, 3.8) is 0 Å². The van der Waals surface area contributed by atoms with Crippen LogP contribution in [0.4, 0.5) is 14.6 Å². The Balaban J connectivity index is 2.56. The molecule has 0 saturated carbocycles. The number of aromatic nitrogens is 2. The maximum Gasteiger partial charge on any atom is 0.184 e. The Labute approximate surface area is 117 Å². The minimum Gasteiger partial charge on any atom is -0.368 e. The van der Waals surface area contributed by atoms with Gasteiger partial charge in [0, 0.05) is 12.1 Å². The molecule has 0 aliphatic carbocycles. The van der Waals surface area contributed by atoms with E-state index in [1.807, 2.05) is 33.8 Å². The number of hydrogen-bond donors (Lipinski definition) is 1. The minimum absolute atomic E-state index is 0.111. The average Bonchev–Trinajstić information content (AvgIpc) is 2.76. The third kappa shape index (κ3) is 2.81. The summed E-state index contributed by atoms with van der Waals surface area (Å²) in [5.74, 6) is -0.897. The lowest BCUT2D eigenvalue weighted by molar-refractivity contribution is 0.501. The van der Waals surface area contributed by atoms with Crippen LogP contribution in [0.15, 0.2) is 24.3 Å². The Morgan fingerprint density at radius 3 is 2.45 bits per heavy atom. The monoisotopic (exact) mass is 279 g/mol. The van der Waals surface area contributed by atoms with Gasteiger partial charge < -0.3 is 5.32 Å². The minimum atomic E-state index is -0.891. The lowest BCUT2D eigenvalue weighted by atomic mass is 10.1. The van der Waals surface area contributed by atoms with Crippen LogP contribution in [-0.4, -0.2) is 15.8 Å². The van der Waals surface area contributed by atoms with Gasteiger partial charge in [0.1, 0.15) is 11.5 Å². The highest BCUT2D eigenvalue weighted by Gasteiger charge is 2.17. The van der Waals surface area contributed by atoms with E-state index in [4.69, 9.17) is 0 Å². The van der Waals surface area contributed by atoms with Gasteiger partial charge in [-0.05, 0) is 31.9 Å². The smallest absolute Gasteiger partial charge is 0.184 e. The van der Waals surface area contributed by atoms with Gasteiger partial charge in [0.05, 0.1) is 5.69 Å². The normalized spacial score (nSPS) is 11.4. The van der Waals surface area contributed by atoms with Crippen LogP contribution >= 0.6 is 0 Å². The van der Waals surface area contributed by atoms with E-state index in [0.29, 0.717) is 5.82 Å². The summed E-state index contributed by atoms with van der Waals surface area (Å²) in [7, 11) is 0. The van der Waals surface area contributed by atoms with Crippen LogP contribution < -0.4 is 5.32 Å². The highest BCUT2D eigenvalue weighted by molar-refractivity contribution is 5.48. The van der Waals surface area contributed by atoms with Crippen molar-refractivity contribution in [3.8, 4) is 5.69 Å². The highest BCUT2D eigenvalue weighted by Crippen LogP contribution is 2.25. The van der Waals surface area contributed by atoms with E-state index in [1.54, 1.807) is 0 Å². The molecule has 0 fully saturated rings. The van der Waals surface area contributed by atoms with Crippen molar-refractivity contribution < 1.29 is 8.78 Å².